The maximum absolute atomic E-state index is 4.20. The van der Waals surface area contributed by atoms with Gasteiger partial charge in [0.15, 0.2) is 5.16 Å². The Labute approximate surface area is 113 Å². The van der Waals surface area contributed by atoms with E-state index in [0.29, 0.717) is 5.92 Å². The summed E-state index contributed by atoms with van der Waals surface area (Å²) in [5.74, 6) is 1.71. The lowest BCUT2D eigenvalue weighted by Crippen LogP contribution is -2.00. The molecule has 0 fully saturated rings. The van der Waals surface area contributed by atoms with E-state index < -0.39 is 0 Å². The van der Waals surface area contributed by atoms with E-state index in [1.165, 1.54) is 11.1 Å². The van der Waals surface area contributed by atoms with Crippen molar-refractivity contribution in [3.63, 3.8) is 0 Å². The monoisotopic (exact) mass is 261 g/mol. The Hall–Kier alpha value is -1.29. The molecule has 3 nitrogen and oxygen atoms in total. The van der Waals surface area contributed by atoms with Gasteiger partial charge >= 0.3 is 0 Å². The molecule has 0 atom stereocenters. The largest absolute Gasteiger partial charge is 0.276 e. The minimum absolute atomic E-state index is 0.652. The van der Waals surface area contributed by atoms with Crippen LogP contribution in [0.2, 0.25) is 0 Å². The van der Waals surface area contributed by atoms with Crippen molar-refractivity contribution in [1.29, 1.82) is 0 Å². The van der Waals surface area contributed by atoms with Gasteiger partial charge in [0, 0.05) is 5.75 Å². The minimum Gasteiger partial charge on any atom is -0.276 e. The normalized spacial score (nSPS) is 11.2. The Balaban J connectivity index is 2.30. The molecule has 4 heteroatoms. The van der Waals surface area contributed by atoms with Crippen LogP contribution in [0, 0.1) is 19.8 Å². The number of thioether (sulfide) groups is 1. The Morgan fingerprint density at radius 2 is 2.06 bits per heavy atom. The molecule has 1 aromatic carbocycles. The topological polar surface area (TPSA) is 30.7 Å². The third-order valence-electron chi connectivity index (χ3n) is 2.67. The molecule has 0 aliphatic rings. The van der Waals surface area contributed by atoms with Crippen molar-refractivity contribution in [2.24, 2.45) is 5.92 Å². The highest BCUT2D eigenvalue weighted by Gasteiger charge is 2.09. The molecule has 0 saturated carbocycles. The number of hydrogen-bond donors (Lipinski definition) is 0. The van der Waals surface area contributed by atoms with Crippen LogP contribution in [0.4, 0.5) is 0 Å². The first-order valence-electron chi connectivity index (χ1n) is 6.18. The van der Waals surface area contributed by atoms with Crippen LogP contribution in [0.25, 0.3) is 5.69 Å². The average molecular weight is 261 g/mol. The van der Waals surface area contributed by atoms with Gasteiger partial charge in [-0.3, -0.25) is 4.57 Å². The number of hydrogen-bond acceptors (Lipinski definition) is 3. The van der Waals surface area contributed by atoms with Gasteiger partial charge in [-0.25, -0.2) is 0 Å². The average Bonchev–Trinajstić information content (AvgIpc) is 2.74. The Bertz CT molecular complexity index is 532. The summed E-state index contributed by atoms with van der Waals surface area (Å²) in [4.78, 5) is 0. The molecule has 2 rings (SSSR count). The van der Waals surface area contributed by atoms with E-state index in [1.807, 2.05) is 0 Å². The Morgan fingerprint density at radius 3 is 2.72 bits per heavy atom. The first kappa shape index (κ1) is 13.1. The number of benzene rings is 1. The van der Waals surface area contributed by atoms with E-state index in [-0.39, 0.29) is 0 Å². The molecular weight excluding hydrogens is 242 g/mol. The fourth-order valence-corrected chi connectivity index (χ4v) is 2.68. The molecule has 0 unspecified atom stereocenters. The van der Waals surface area contributed by atoms with Crippen LogP contribution >= 0.6 is 11.8 Å². The van der Waals surface area contributed by atoms with Crippen LogP contribution in [0.1, 0.15) is 25.0 Å². The third kappa shape index (κ3) is 2.93. The number of aryl methyl sites for hydroxylation is 2. The number of nitrogens with zero attached hydrogens (tertiary/aromatic N) is 3. The van der Waals surface area contributed by atoms with Gasteiger partial charge in [-0.15, -0.1) is 10.2 Å². The molecule has 0 amide bonds. The number of aromatic nitrogens is 3. The predicted molar refractivity (Wildman–Crippen MR) is 76.4 cm³/mol. The van der Waals surface area contributed by atoms with Crippen molar-refractivity contribution in [1.82, 2.24) is 14.8 Å². The van der Waals surface area contributed by atoms with E-state index in [2.05, 4.69) is 60.7 Å². The van der Waals surface area contributed by atoms with E-state index >= 15 is 0 Å². The first-order chi connectivity index (χ1) is 8.58. The van der Waals surface area contributed by atoms with Crippen molar-refractivity contribution in [3.8, 4) is 5.69 Å². The highest BCUT2D eigenvalue weighted by molar-refractivity contribution is 7.99. The van der Waals surface area contributed by atoms with Gasteiger partial charge in [0.2, 0.25) is 0 Å². The fourth-order valence-electron chi connectivity index (χ4n) is 1.80. The highest BCUT2D eigenvalue weighted by Crippen LogP contribution is 2.23. The van der Waals surface area contributed by atoms with Crippen molar-refractivity contribution >= 4 is 11.8 Å². The van der Waals surface area contributed by atoms with Gasteiger partial charge in [-0.2, -0.15) is 0 Å². The summed E-state index contributed by atoms with van der Waals surface area (Å²) in [6, 6.07) is 6.44. The molecular formula is C14H19N3S. The minimum atomic E-state index is 0.652. The summed E-state index contributed by atoms with van der Waals surface area (Å²) in [6.45, 7) is 8.66. The molecule has 0 bridgehead atoms. The van der Waals surface area contributed by atoms with Gasteiger partial charge in [0.25, 0.3) is 0 Å². The standard InChI is InChI=1S/C14H19N3S/c1-10(2)8-18-14-16-15-9-17(14)13-6-5-11(3)7-12(13)4/h5-7,9-10H,8H2,1-4H3. The highest BCUT2D eigenvalue weighted by atomic mass is 32.2. The second-order valence-corrected chi connectivity index (χ2v) is 5.97. The van der Waals surface area contributed by atoms with Crippen LogP contribution in [0.3, 0.4) is 0 Å². The summed E-state index contributed by atoms with van der Waals surface area (Å²) >= 11 is 1.76. The Morgan fingerprint density at radius 1 is 1.28 bits per heavy atom. The lowest BCUT2D eigenvalue weighted by atomic mass is 10.1. The number of rotatable bonds is 4. The molecule has 0 N–H and O–H groups in total. The molecule has 0 radical (unpaired) electrons. The smallest absolute Gasteiger partial charge is 0.195 e. The fraction of sp³-hybridized carbons (Fsp3) is 0.429. The lowest BCUT2D eigenvalue weighted by molar-refractivity contribution is 0.745. The lowest BCUT2D eigenvalue weighted by Gasteiger charge is -2.10. The molecule has 0 aliphatic heterocycles. The maximum atomic E-state index is 4.20. The van der Waals surface area contributed by atoms with Crippen molar-refractivity contribution in [2.75, 3.05) is 5.75 Å². The van der Waals surface area contributed by atoms with Gasteiger partial charge in [-0.05, 0) is 31.4 Å². The van der Waals surface area contributed by atoms with E-state index in [0.717, 1.165) is 16.6 Å². The van der Waals surface area contributed by atoms with Gasteiger partial charge < -0.3 is 0 Å². The molecule has 18 heavy (non-hydrogen) atoms. The van der Waals surface area contributed by atoms with Crippen LogP contribution in [-0.2, 0) is 0 Å². The zero-order chi connectivity index (χ0) is 13.1. The molecule has 0 aliphatic carbocycles. The molecule has 96 valence electrons. The van der Waals surface area contributed by atoms with Crippen LogP contribution in [-0.4, -0.2) is 20.5 Å². The first-order valence-corrected chi connectivity index (χ1v) is 7.17. The van der Waals surface area contributed by atoms with E-state index in [4.69, 9.17) is 0 Å². The second kappa shape index (κ2) is 5.57. The molecule has 1 aromatic heterocycles. The van der Waals surface area contributed by atoms with Gasteiger partial charge in [0.05, 0.1) is 5.69 Å². The molecule has 0 spiro atoms. The third-order valence-corrected chi connectivity index (χ3v) is 4.04. The summed E-state index contributed by atoms with van der Waals surface area (Å²) in [5.41, 5.74) is 3.69. The predicted octanol–water partition coefficient (Wildman–Crippen LogP) is 3.63. The van der Waals surface area contributed by atoms with E-state index in [9.17, 15) is 0 Å². The molecule has 2 aromatic rings. The Kier molecular flexibility index (Phi) is 4.07. The molecule has 1 heterocycles. The summed E-state index contributed by atoms with van der Waals surface area (Å²) < 4.78 is 2.07. The van der Waals surface area contributed by atoms with Crippen molar-refractivity contribution < 1.29 is 0 Å². The van der Waals surface area contributed by atoms with Crippen LogP contribution in [0.15, 0.2) is 29.7 Å². The zero-order valence-electron chi connectivity index (χ0n) is 11.3. The molecule has 0 saturated heterocycles. The van der Waals surface area contributed by atoms with Crippen LogP contribution < -0.4 is 0 Å². The van der Waals surface area contributed by atoms with Crippen LogP contribution in [0.5, 0.6) is 0 Å². The summed E-state index contributed by atoms with van der Waals surface area (Å²) in [7, 11) is 0. The second-order valence-electron chi connectivity index (χ2n) is 4.98. The van der Waals surface area contributed by atoms with Gasteiger partial charge in [-0.1, -0.05) is 43.3 Å². The van der Waals surface area contributed by atoms with Crippen molar-refractivity contribution in [3.05, 3.63) is 35.7 Å². The van der Waals surface area contributed by atoms with Crippen molar-refractivity contribution in [2.45, 2.75) is 32.9 Å². The summed E-state index contributed by atoms with van der Waals surface area (Å²) in [5, 5.41) is 9.20. The quantitative estimate of drug-likeness (QED) is 0.787. The van der Waals surface area contributed by atoms with Gasteiger partial charge in [0.1, 0.15) is 6.33 Å². The van der Waals surface area contributed by atoms with E-state index in [1.54, 1.807) is 18.1 Å². The zero-order valence-corrected chi connectivity index (χ0v) is 12.2. The SMILES string of the molecule is Cc1ccc(-n2cnnc2SCC(C)C)c(C)c1. The summed E-state index contributed by atoms with van der Waals surface area (Å²) in [6.07, 6.45) is 1.79. The maximum Gasteiger partial charge on any atom is 0.195 e.